The molecule has 1 aromatic rings. The Labute approximate surface area is 159 Å². The van der Waals surface area contributed by atoms with Crippen LogP contribution in [0.2, 0.25) is 0 Å². The van der Waals surface area contributed by atoms with Crippen LogP contribution in [0.5, 0.6) is 0 Å². The van der Waals surface area contributed by atoms with E-state index in [0.29, 0.717) is 4.47 Å². The maximum atomic E-state index is 12.4. The van der Waals surface area contributed by atoms with Crippen molar-refractivity contribution in [2.75, 3.05) is 65.9 Å². The number of methoxy groups -OCH3 is 1. The van der Waals surface area contributed by atoms with Crippen molar-refractivity contribution in [2.24, 2.45) is 0 Å². The van der Waals surface area contributed by atoms with Crippen molar-refractivity contribution in [3.63, 3.8) is 0 Å². The quantitative estimate of drug-likeness (QED) is 0.481. The van der Waals surface area contributed by atoms with Gasteiger partial charge in [0.05, 0.1) is 11.5 Å². The first-order chi connectivity index (χ1) is 11.8. The van der Waals surface area contributed by atoms with Gasteiger partial charge in [0, 0.05) is 57.1 Å². The molecule has 1 aromatic carbocycles. The predicted octanol–water partition coefficient (Wildman–Crippen LogP) is 1.44. The highest BCUT2D eigenvalue weighted by Crippen LogP contribution is 2.26. The molecule has 0 amide bonds. The van der Waals surface area contributed by atoms with Gasteiger partial charge in [-0.2, -0.15) is 4.31 Å². The standard InChI is InChI=1S/C16H28BrN3O4S/c1-19(8-4-12-24-3)9-7-18-16-6-5-14(13-15(16)17)25(22,23)20(2)10-11-21/h5-6,13,18,21H,4,7-12H2,1-3H3. The summed E-state index contributed by atoms with van der Waals surface area (Å²) in [5, 5.41) is 12.2. The SMILES string of the molecule is COCCCN(C)CCNc1ccc(S(=O)(=O)N(C)CCO)cc1Br. The minimum absolute atomic E-state index is 0.0648. The number of hydrogen-bond donors (Lipinski definition) is 2. The smallest absolute Gasteiger partial charge is 0.242 e. The molecule has 0 aliphatic carbocycles. The second-order valence-electron chi connectivity index (χ2n) is 5.77. The van der Waals surface area contributed by atoms with Crippen molar-refractivity contribution in [3.05, 3.63) is 22.7 Å². The van der Waals surface area contributed by atoms with Gasteiger partial charge < -0.3 is 20.1 Å². The van der Waals surface area contributed by atoms with Crippen LogP contribution in [-0.2, 0) is 14.8 Å². The van der Waals surface area contributed by atoms with Crippen LogP contribution in [0.4, 0.5) is 5.69 Å². The van der Waals surface area contributed by atoms with E-state index in [-0.39, 0.29) is 18.0 Å². The van der Waals surface area contributed by atoms with E-state index in [0.717, 1.165) is 42.7 Å². The number of anilines is 1. The lowest BCUT2D eigenvalue weighted by Crippen LogP contribution is -2.29. The number of aliphatic hydroxyl groups excluding tert-OH is 1. The first-order valence-corrected chi connectivity index (χ1v) is 10.3. The number of hydrogen-bond acceptors (Lipinski definition) is 6. The third-order valence-corrected chi connectivity index (χ3v) is 6.27. The molecule has 25 heavy (non-hydrogen) atoms. The first-order valence-electron chi connectivity index (χ1n) is 8.11. The zero-order valence-electron chi connectivity index (χ0n) is 15.0. The normalized spacial score (nSPS) is 12.1. The van der Waals surface area contributed by atoms with Crippen LogP contribution >= 0.6 is 15.9 Å². The van der Waals surface area contributed by atoms with Crippen LogP contribution in [0.25, 0.3) is 0 Å². The third kappa shape index (κ3) is 7.20. The Hall–Kier alpha value is -0.710. The Morgan fingerprint density at radius 3 is 2.56 bits per heavy atom. The lowest BCUT2D eigenvalue weighted by Gasteiger charge is -2.19. The molecule has 0 saturated carbocycles. The van der Waals surface area contributed by atoms with E-state index in [9.17, 15) is 8.42 Å². The number of aliphatic hydroxyl groups is 1. The van der Waals surface area contributed by atoms with Crippen molar-refractivity contribution >= 4 is 31.6 Å². The van der Waals surface area contributed by atoms with Gasteiger partial charge in [-0.15, -0.1) is 0 Å². The molecule has 144 valence electrons. The highest BCUT2D eigenvalue weighted by Gasteiger charge is 2.21. The van der Waals surface area contributed by atoms with Crippen molar-refractivity contribution in [1.29, 1.82) is 0 Å². The fourth-order valence-electron chi connectivity index (χ4n) is 2.21. The molecule has 0 heterocycles. The zero-order chi connectivity index (χ0) is 18.9. The molecule has 0 atom stereocenters. The molecule has 2 N–H and O–H groups in total. The van der Waals surface area contributed by atoms with Gasteiger partial charge in [-0.3, -0.25) is 0 Å². The molecule has 9 heteroatoms. The molecule has 1 rings (SSSR count). The Balaban J connectivity index is 2.61. The van der Waals surface area contributed by atoms with Crippen LogP contribution < -0.4 is 5.32 Å². The maximum absolute atomic E-state index is 12.4. The molecule has 0 aromatic heterocycles. The summed E-state index contributed by atoms with van der Waals surface area (Å²) >= 11 is 3.42. The Morgan fingerprint density at radius 1 is 1.24 bits per heavy atom. The topological polar surface area (TPSA) is 82.1 Å². The van der Waals surface area contributed by atoms with E-state index < -0.39 is 10.0 Å². The fraction of sp³-hybridized carbons (Fsp3) is 0.625. The summed E-state index contributed by atoms with van der Waals surface area (Å²) in [5.74, 6) is 0. The van der Waals surface area contributed by atoms with Gasteiger partial charge in [0.25, 0.3) is 0 Å². The van der Waals surface area contributed by atoms with Gasteiger partial charge in [0.15, 0.2) is 0 Å². The maximum Gasteiger partial charge on any atom is 0.242 e. The molecule has 0 spiro atoms. The van der Waals surface area contributed by atoms with Crippen LogP contribution in [0.15, 0.2) is 27.6 Å². The number of nitrogens with one attached hydrogen (secondary N) is 1. The number of likely N-dealkylation sites (N-methyl/N-ethyl adjacent to an activating group) is 2. The van der Waals surface area contributed by atoms with E-state index in [2.05, 4.69) is 33.2 Å². The van der Waals surface area contributed by atoms with E-state index in [1.54, 1.807) is 25.3 Å². The highest BCUT2D eigenvalue weighted by molar-refractivity contribution is 9.10. The summed E-state index contributed by atoms with van der Waals surface area (Å²) in [4.78, 5) is 2.40. The van der Waals surface area contributed by atoms with Gasteiger partial charge in [-0.25, -0.2) is 8.42 Å². The Morgan fingerprint density at radius 2 is 1.96 bits per heavy atom. The second-order valence-corrected chi connectivity index (χ2v) is 8.67. The first kappa shape index (κ1) is 22.3. The van der Waals surface area contributed by atoms with Crippen molar-refractivity contribution < 1.29 is 18.3 Å². The summed E-state index contributed by atoms with van der Waals surface area (Å²) in [6, 6.07) is 4.89. The van der Waals surface area contributed by atoms with Gasteiger partial charge in [-0.05, 0) is 47.6 Å². The summed E-state index contributed by atoms with van der Waals surface area (Å²) in [6.07, 6.45) is 0.991. The van der Waals surface area contributed by atoms with Crippen LogP contribution in [-0.4, -0.2) is 83.3 Å². The minimum atomic E-state index is -3.59. The number of halogens is 1. The molecular weight excluding hydrogens is 410 g/mol. The molecule has 0 aliphatic rings. The second kappa shape index (κ2) is 11.1. The van der Waals surface area contributed by atoms with Gasteiger partial charge >= 0.3 is 0 Å². The molecule has 0 aliphatic heterocycles. The van der Waals surface area contributed by atoms with E-state index in [1.165, 1.54) is 7.05 Å². The third-order valence-electron chi connectivity index (χ3n) is 3.76. The van der Waals surface area contributed by atoms with Gasteiger partial charge in [0.1, 0.15) is 0 Å². The van der Waals surface area contributed by atoms with Crippen LogP contribution in [0, 0.1) is 0 Å². The molecule has 0 saturated heterocycles. The van der Waals surface area contributed by atoms with Gasteiger partial charge in [-0.1, -0.05) is 0 Å². The summed E-state index contributed by atoms with van der Waals surface area (Å²) in [6.45, 7) is 3.19. The van der Waals surface area contributed by atoms with E-state index in [4.69, 9.17) is 9.84 Å². The van der Waals surface area contributed by atoms with Crippen molar-refractivity contribution in [3.8, 4) is 0 Å². The number of benzene rings is 1. The number of nitrogens with zero attached hydrogens (tertiary/aromatic N) is 2. The highest BCUT2D eigenvalue weighted by atomic mass is 79.9. The monoisotopic (exact) mass is 437 g/mol. The number of sulfonamides is 1. The minimum Gasteiger partial charge on any atom is -0.395 e. The molecule has 0 fully saturated rings. The molecule has 0 radical (unpaired) electrons. The summed E-state index contributed by atoms with van der Waals surface area (Å²) in [7, 11) is 1.61. The van der Waals surface area contributed by atoms with Crippen LogP contribution in [0.3, 0.4) is 0 Å². The van der Waals surface area contributed by atoms with E-state index >= 15 is 0 Å². The molecule has 7 nitrogen and oxygen atoms in total. The average Bonchev–Trinajstić information content (AvgIpc) is 2.56. The largest absolute Gasteiger partial charge is 0.395 e. The molecule has 0 unspecified atom stereocenters. The van der Waals surface area contributed by atoms with Crippen molar-refractivity contribution in [1.82, 2.24) is 9.21 Å². The molecule has 0 bridgehead atoms. The Kier molecular flexibility index (Phi) is 9.91. The number of ether oxygens (including phenoxy) is 1. The van der Waals surface area contributed by atoms with Crippen molar-refractivity contribution in [2.45, 2.75) is 11.3 Å². The lowest BCUT2D eigenvalue weighted by atomic mass is 10.3. The van der Waals surface area contributed by atoms with Gasteiger partial charge in [0.2, 0.25) is 10.0 Å². The fourth-order valence-corrected chi connectivity index (χ4v) is 4.07. The summed E-state index contributed by atoms with van der Waals surface area (Å²) in [5.41, 5.74) is 0.842. The lowest BCUT2D eigenvalue weighted by molar-refractivity contribution is 0.180. The Bertz CT molecular complexity index is 628. The predicted molar refractivity (Wildman–Crippen MR) is 104 cm³/mol. The zero-order valence-corrected chi connectivity index (χ0v) is 17.4. The average molecular weight is 438 g/mol. The van der Waals surface area contributed by atoms with E-state index in [1.807, 2.05) is 0 Å². The molecular formula is C16H28BrN3O4S. The summed E-state index contributed by atoms with van der Waals surface area (Å²) < 4.78 is 31.6. The number of rotatable bonds is 12. The van der Waals surface area contributed by atoms with Crippen LogP contribution in [0.1, 0.15) is 6.42 Å².